The highest BCUT2D eigenvalue weighted by atomic mass is 16.5. The van der Waals surface area contributed by atoms with Crippen LogP contribution in [0.2, 0.25) is 0 Å². The molecule has 0 spiro atoms. The van der Waals surface area contributed by atoms with Crippen LogP contribution in [-0.2, 0) is 21.7 Å². The van der Waals surface area contributed by atoms with Crippen molar-refractivity contribution >= 4 is 102 Å². The predicted molar refractivity (Wildman–Crippen MR) is 327 cm³/mol. The van der Waals surface area contributed by atoms with Crippen LogP contribution in [0.1, 0.15) is 105 Å². The van der Waals surface area contributed by atoms with Crippen molar-refractivity contribution in [1.29, 1.82) is 0 Å². The van der Waals surface area contributed by atoms with E-state index in [1.165, 1.54) is 77.2 Å². The Morgan fingerprint density at radius 3 is 1.09 bits per heavy atom. The minimum absolute atomic E-state index is 0.00953. The average molecular weight is 1000 g/mol. The van der Waals surface area contributed by atoms with Crippen LogP contribution in [0.4, 0.5) is 34.1 Å². The van der Waals surface area contributed by atoms with Crippen molar-refractivity contribution in [2.24, 2.45) is 0 Å². The number of hydrogen-bond donors (Lipinski definition) is 0. The van der Waals surface area contributed by atoms with Crippen molar-refractivity contribution in [1.82, 2.24) is 4.57 Å². The molecule has 0 saturated heterocycles. The monoisotopic (exact) mass is 1000 g/mol. The summed E-state index contributed by atoms with van der Waals surface area (Å²) in [6.45, 7) is 27.4. The summed E-state index contributed by atoms with van der Waals surface area (Å²) >= 11 is 0. The Morgan fingerprint density at radius 2 is 0.701 bits per heavy atom. The fraction of sp³-hybridized carbons (Fsp3) is 0.229. The Hall–Kier alpha value is -7.89. The van der Waals surface area contributed by atoms with Gasteiger partial charge in [-0.25, -0.2) is 0 Å². The van der Waals surface area contributed by atoms with E-state index >= 15 is 0 Å². The van der Waals surface area contributed by atoms with Gasteiger partial charge in [-0.2, -0.15) is 0 Å². The van der Waals surface area contributed by atoms with Crippen molar-refractivity contribution in [3.05, 3.63) is 198 Å². The molecule has 0 fully saturated rings. The first-order valence-corrected chi connectivity index (χ1v) is 27.6. The standard InChI is InChI=1S/C70H65B2N3O2/c1-67(2,3)42-24-30-47(31-25-42)73-55-20-16-22-63-65(55)71(53-36-44(69(7,8)9)28-34-61(53)76-63)51-38-49-50-39-52-60(41-58(50)75(57(49)40-59(51)73)46-18-14-13-15-19-46)74(48-32-26-43(27-33-48)68(4,5)6)56-21-17-23-64-66(56)72(52)54-37-45(70(10,11)12)29-35-62(54)77-64/h13-41H,1-12H3. The summed E-state index contributed by atoms with van der Waals surface area (Å²) in [7, 11) is 0. The van der Waals surface area contributed by atoms with Gasteiger partial charge in [-0.15, -0.1) is 0 Å². The molecule has 7 heteroatoms. The molecule has 77 heavy (non-hydrogen) atoms. The van der Waals surface area contributed by atoms with Crippen LogP contribution in [0.3, 0.4) is 0 Å². The van der Waals surface area contributed by atoms with Gasteiger partial charge in [0, 0.05) is 50.6 Å². The lowest BCUT2D eigenvalue weighted by Crippen LogP contribution is -2.59. The van der Waals surface area contributed by atoms with Crippen LogP contribution in [0.25, 0.3) is 27.5 Å². The molecule has 0 unspecified atom stereocenters. The predicted octanol–water partition coefficient (Wildman–Crippen LogP) is 14.8. The largest absolute Gasteiger partial charge is 0.458 e. The first-order valence-electron chi connectivity index (χ1n) is 27.6. The fourth-order valence-electron chi connectivity index (χ4n) is 12.9. The number of para-hydroxylation sites is 1. The highest BCUT2D eigenvalue weighted by Crippen LogP contribution is 2.47. The van der Waals surface area contributed by atoms with Crippen LogP contribution in [0, 0.1) is 0 Å². The Balaban J connectivity index is 1.11. The zero-order valence-corrected chi connectivity index (χ0v) is 46.6. The van der Waals surface area contributed by atoms with Gasteiger partial charge in [0.25, 0.3) is 13.4 Å². The summed E-state index contributed by atoms with van der Waals surface area (Å²) in [5.41, 5.74) is 22.7. The van der Waals surface area contributed by atoms with E-state index in [4.69, 9.17) is 9.47 Å². The molecular formula is C70H65B2N3O2. The third-order valence-electron chi connectivity index (χ3n) is 17.1. The van der Waals surface area contributed by atoms with E-state index < -0.39 is 0 Å². The first-order chi connectivity index (χ1) is 36.7. The zero-order valence-electron chi connectivity index (χ0n) is 46.6. The molecular weight excluding hydrogens is 936 g/mol. The van der Waals surface area contributed by atoms with E-state index in [-0.39, 0.29) is 35.1 Å². The number of nitrogens with zero attached hydrogens (tertiary/aromatic N) is 3. The lowest BCUT2D eigenvalue weighted by atomic mass is 9.33. The third kappa shape index (κ3) is 7.29. The number of ether oxygens (including phenoxy) is 2. The second-order valence-corrected chi connectivity index (χ2v) is 26.2. The molecule has 0 N–H and O–H groups in total. The van der Waals surface area contributed by atoms with Gasteiger partial charge in [0.05, 0.1) is 11.0 Å². The molecule has 0 bridgehead atoms. The zero-order chi connectivity index (χ0) is 53.2. The molecule has 5 heterocycles. The second kappa shape index (κ2) is 16.3. The summed E-state index contributed by atoms with van der Waals surface area (Å²) in [5.74, 6) is 3.65. The molecule has 0 amide bonds. The summed E-state index contributed by atoms with van der Waals surface area (Å²) in [4.78, 5) is 5.01. The van der Waals surface area contributed by atoms with Crippen molar-refractivity contribution in [2.45, 2.75) is 105 Å². The van der Waals surface area contributed by atoms with E-state index in [1.807, 2.05) is 0 Å². The molecule has 1 aromatic heterocycles. The molecule has 10 aromatic rings. The maximum atomic E-state index is 6.99. The van der Waals surface area contributed by atoms with Crippen LogP contribution in [-0.4, -0.2) is 18.0 Å². The SMILES string of the molecule is CC(C)(C)c1ccc(N2c3cc4c(cc3B3c5cc(C(C)(C)C)ccc5Oc5cccc2c53)c2cc3c(cc2n4-c2ccccc2)N(c2ccc(C(C)(C)C)cc2)c2cccc4c2B3c2cc(C(C)(C)C)ccc2O4)cc1. The Labute approximate surface area is 455 Å². The normalized spacial score (nSPS) is 14.3. The number of hydrogen-bond acceptors (Lipinski definition) is 4. The summed E-state index contributed by atoms with van der Waals surface area (Å²) in [5, 5.41) is 2.43. The van der Waals surface area contributed by atoms with Crippen molar-refractivity contribution in [3.8, 4) is 28.7 Å². The maximum Gasteiger partial charge on any atom is 0.256 e. The Bertz CT molecular complexity index is 3840. The van der Waals surface area contributed by atoms with Crippen LogP contribution < -0.4 is 52.1 Å². The van der Waals surface area contributed by atoms with Gasteiger partial charge in [0.2, 0.25) is 0 Å². The van der Waals surface area contributed by atoms with Gasteiger partial charge in [0.15, 0.2) is 0 Å². The highest BCUT2D eigenvalue weighted by molar-refractivity contribution is 7.00. The molecule has 5 nitrogen and oxygen atoms in total. The second-order valence-electron chi connectivity index (χ2n) is 26.2. The lowest BCUT2D eigenvalue weighted by Gasteiger charge is -2.40. The van der Waals surface area contributed by atoms with E-state index in [0.717, 1.165) is 62.5 Å². The molecule has 378 valence electrons. The van der Waals surface area contributed by atoms with Gasteiger partial charge in [-0.1, -0.05) is 174 Å². The Morgan fingerprint density at radius 1 is 0.312 bits per heavy atom. The van der Waals surface area contributed by atoms with Crippen molar-refractivity contribution in [3.63, 3.8) is 0 Å². The minimum Gasteiger partial charge on any atom is -0.458 e. The summed E-state index contributed by atoms with van der Waals surface area (Å²) in [6.07, 6.45) is 0. The third-order valence-corrected chi connectivity index (χ3v) is 17.1. The van der Waals surface area contributed by atoms with E-state index in [2.05, 4.69) is 273 Å². The van der Waals surface area contributed by atoms with Gasteiger partial charge in [0.1, 0.15) is 23.0 Å². The minimum atomic E-state index is -0.0799. The quantitative estimate of drug-likeness (QED) is 0.165. The summed E-state index contributed by atoms with van der Waals surface area (Å²) < 4.78 is 16.5. The van der Waals surface area contributed by atoms with Gasteiger partial charge < -0.3 is 23.8 Å². The fourth-order valence-corrected chi connectivity index (χ4v) is 12.9. The molecule has 4 aliphatic heterocycles. The smallest absolute Gasteiger partial charge is 0.256 e. The van der Waals surface area contributed by atoms with Crippen LogP contribution in [0.15, 0.2) is 176 Å². The number of rotatable bonds is 3. The van der Waals surface area contributed by atoms with Crippen molar-refractivity contribution in [2.75, 3.05) is 9.80 Å². The molecule has 0 radical (unpaired) electrons. The molecule has 9 aromatic carbocycles. The lowest BCUT2D eigenvalue weighted by molar-refractivity contribution is 0.486. The number of benzene rings is 9. The number of anilines is 6. The van der Waals surface area contributed by atoms with Gasteiger partial charge in [-0.3, -0.25) is 0 Å². The molecule has 0 saturated carbocycles. The maximum absolute atomic E-state index is 6.99. The average Bonchev–Trinajstić information content (AvgIpc) is 3.99. The number of aromatic nitrogens is 1. The van der Waals surface area contributed by atoms with E-state index in [1.54, 1.807) is 0 Å². The molecule has 4 aliphatic rings. The molecule has 14 rings (SSSR count). The Kier molecular flexibility index (Phi) is 10.1. The summed E-state index contributed by atoms with van der Waals surface area (Å²) in [6, 6.07) is 66.6. The van der Waals surface area contributed by atoms with Gasteiger partial charge in [-0.05, 0) is 162 Å². The van der Waals surface area contributed by atoms with Crippen LogP contribution >= 0.6 is 0 Å². The van der Waals surface area contributed by atoms with E-state index in [9.17, 15) is 0 Å². The van der Waals surface area contributed by atoms with Crippen LogP contribution in [0.5, 0.6) is 23.0 Å². The molecule has 0 aliphatic carbocycles. The highest BCUT2D eigenvalue weighted by Gasteiger charge is 2.45. The van der Waals surface area contributed by atoms with Crippen molar-refractivity contribution < 1.29 is 9.47 Å². The topological polar surface area (TPSA) is 29.9 Å². The van der Waals surface area contributed by atoms with Gasteiger partial charge >= 0.3 is 0 Å². The van der Waals surface area contributed by atoms with E-state index in [0.29, 0.717) is 0 Å². The first kappa shape index (κ1) is 47.6. The number of fused-ring (bicyclic) bond motifs is 11. The molecule has 0 atom stereocenters.